The van der Waals surface area contributed by atoms with Crippen LogP contribution in [0.25, 0.3) is 0 Å². The molecule has 0 radical (unpaired) electrons. The van der Waals surface area contributed by atoms with E-state index in [0.29, 0.717) is 6.61 Å². The first-order valence-electron chi connectivity index (χ1n) is 5.49. The molecule has 0 N–H and O–H groups in total. The summed E-state index contributed by atoms with van der Waals surface area (Å²) in [6, 6.07) is 12.1. The van der Waals surface area contributed by atoms with E-state index in [9.17, 15) is 0 Å². The Labute approximate surface area is 95.9 Å². The Kier molecular flexibility index (Phi) is 3.54. The molecule has 0 saturated heterocycles. The number of nitrogens with zero attached hydrogens (tertiary/aromatic N) is 1. The minimum absolute atomic E-state index is 0.593. The number of benzene rings is 1. The normalized spacial score (nSPS) is 10.1. The van der Waals surface area contributed by atoms with Gasteiger partial charge in [0.1, 0.15) is 12.4 Å². The molecule has 0 bridgehead atoms. The predicted octanol–water partition coefficient (Wildman–Crippen LogP) is 3.22. The number of aryl methyl sites for hydroxylation is 1. The fourth-order valence-electron chi connectivity index (χ4n) is 1.50. The van der Waals surface area contributed by atoms with Crippen LogP contribution in [0.15, 0.2) is 48.8 Å². The van der Waals surface area contributed by atoms with Crippen molar-refractivity contribution in [2.24, 2.45) is 0 Å². The third-order valence-corrected chi connectivity index (χ3v) is 2.46. The van der Waals surface area contributed by atoms with E-state index in [0.717, 1.165) is 17.7 Å². The van der Waals surface area contributed by atoms with Crippen LogP contribution in [0.4, 0.5) is 0 Å². The van der Waals surface area contributed by atoms with E-state index in [1.165, 1.54) is 5.56 Å². The molecule has 2 rings (SSSR count). The van der Waals surface area contributed by atoms with E-state index in [-0.39, 0.29) is 0 Å². The zero-order valence-corrected chi connectivity index (χ0v) is 9.39. The molecule has 0 atom stereocenters. The fraction of sp³-hybridized carbons (Fsp3) is 0.214. The monoisotopic (exact) mass is 213 g/mol. The quantitative estimate of drug-likeness (QED) is 0.778. The summed E-state index contributed by atoms with van der Waals surface area (Å²) in [6.07, 6.45) is 4.59. The van der Waals surface area contributed by atoms with Crippen LogP contribution in [-0.2, 0) is 13.0 Å². The molecule has 0 aliphatic carbocycles. The molecule has 0 amide bonds. The Morgan fingerprint density at radius 3 is 2.62 bits per heavy atom. The molecule has 1 heterocycles. The van der Waals surface area contributed by atoms with Crippen molar-refractivity contribution in [3.8, 4) is 5.75 Å². The summed E-state index contributed by atoms with van der Waals surface area (Å²) in [5, 5.41) is 0. The van der Waals surface area contributed by atoms with Gasteiger partial charge in [0.15, 0.2) is 0 Å². The van der Waals surface area contributed by atoms with Gasteiger partial charge >= 0.3 is 0 Å². The van der Waals surface area contributed by atoms with Gasteiger partial charge in [0.05, 0.1) is 0 Å². The first-order valence-corrected chi connectivity index (χ1v) is 5.49. The van der Waals surface area contributed by atoms with Crippen LogP contribution in [0.1, 0.15) is 18.1 Å². The van der Waals surface area contributed by atoms with Crippen LogP contribution in [0, 0.1) is 0 Å². The maximum Gasteiger partial charge on any atom is 0.120 e. The van der Waals surface area contributed by atoms with Crippen LogP contribution in [0.2, 0.25) is 0 Å². The molecule has 82 valence electrons. The maximum atomic E-state index is 5.71. The summed E-state index contributed by atoms with van der Waals surface area (Å²) in [5.74, 6) is 0.927. The van der Waals surface area contributed by atoms with Crippen molar-refractivity contribution < 1.29 is 4.74 Å². The van der Waals surface area contributed by atoms with Crippen LogP contribution >= 0.6 is 0 Å². The summed E-state index contributed by atoms with van der Waals surface area (Å²) >= 11 is 0. The molecule has 2 aromatic rings. The predicted molar refractivity (Wildman–Crippen MR) is 64.4 cm³/mol. The van der Waals surface area contributed by atoms with Gasteiger partial charge in [-0.2, -0.15) is 0 Å². The summed E-state index contributed by atoms with van der Waals surface area (Å²) in [6.45, 7) is 2.73. The second-order valence-corrected chi connectivity index (χ2v) is 3.65. The van der Waals surface area contributed by atoms with E-state index < -0.39 is 0 Å². The highest BCUT2D eigenvalue weighted by Gasteiger charge is 1.96. The lowest BCUT2D eigenvalue weighted by Crippen LogP contribution is -1.95. The van der Waals surface area contributed by atoms with Crippen LogP contribution < -0.4 is 4.74 Å². The molecule has 2 nitrogen and oxygen atoms in total. The Morgan fingerprint density at radius 2 is 1.88 bits per heavy atom. The van der Waals surface area contributed by atoms with E-state index >= 15 is 0 Å². The van der Waals surface area contributed by atoms with Crippen molar-refractivity contribution >= 4 is 0 Å². The van der Waals surface area contributed by atoms with Crippen molar-refractivity contribution in [3.63, 3.8) is 0 Å². The average Bonchev–Trinajstić information content (AvgIpc) is 2.38. The highest BCUT2D eigenvalue weighted by Crippen LogP contribution is 2.15. The molecule has 0 unspecified atom stereocenters. The molecule has 2 heteroatoms. The SMILES string of the molecule is CCc1cccc(OCc2ccncc2)c1. The van der Waals surface area contributed by atoms with Gasteiger partial charge in [-0.25, -0.2) is 0 Å². The molecule has 0 aliphatic heterocycles. The van der Waals surface area contributed by atoms with Crippen LogP contribution in [0.5, 0.6) is 5.75 Å². The van der Waals surface area contributed by atoms with Gasteiger partial charge < -0.3 is 4.74 Å². The fourth-order valence-corrected chi connectivity index (χ4v) is 1.50. The molecule has 0 saturated carbocycles. The third-order valence-electron chi connectivity index (χ3n) is 2.46. The minimum Gasteiger partial charge on any atom is -0.489 e. The highest BCUT2D eigenvalue weighted by molar-refractivity contribution is 5.28. The van der Waals surface area contributed by atoms with Crippen molar-refractivity contribution in [1.82, 2.24) is 4.98 Å². The third kappa shape index (κ3) is 2.83. The number of hydrogen-bond acceptors (Lipinski definition) is 2. The Bertz CT molecular complexity index is 439. The number of aromatic nitrogens is 1. The topological polar surface area (TPSA) is 22.1 Å². The van der Waals surface area contributed by atoms with Gasteiger partial charge in [-0.15, -0.1) is 0 Å². The molecule has 0 aliphatic rings. The largest absolute Gasteiger partial charge is 0.489 e. The molecular weight excluding hydrogens is 198 g/mol. The highest BCUT2D eigenvalue weighted by atomic mass is 16.5. The second kappa shape index (κ2) is 5.31. The first kappa shape index (κ1) is 10.7. The average molecular weight is 213 g/mol. The van der Waals surface area contributed by atoms with Crippen LogP contribution in [-0.4, -0.2) is 4.98 Å². The summed E-state index contributed by atoms with van der Waals surface area (Å²) < 4.78 is 5.71. The Balaban J connectivity index is 1.99. The molecule has 16 heavy (non-hydrogen) atoms. The lowest BCUT2D eigenvalue weighted by Gasteiger charge is -2.07. The second-order valence-electron chi connectivity index (χ2n) is 3.65. The van der Waals surface area contributed by atoms with Gasteiger partial charge in [-0.3, -0.25) is 4.98 Å². The van der Waals surface area contributed by atoms with Crippen LogP contribution in [0.3, 0.4) is 0 Å². The zero-order chi connectivity index (χ0) is 11.2. The minimum atomic E-state index is 0.593. The summed E-state index contributed by atoms with van der Waals surface area (Å²) in [7, 11) is 0. The Morgan fingerprint density at radius 1 is 1.06 bits per heavy atom. The summed E-state index contributed by atoms with van der Waals surface area (Å²) in [5.41, 5.74) is 2.43. The van der Waals surface area contributed by atoms with Gasteiger partial charge in [0.25, 0.3) is 0 Å². The maximum absolute atomic E-state index is 5.71. The molecule has 1 aromatic heterocycles. The number of rotatable bonds is 4. The molecule has 1 aromatic carbocycles. The van der Waals surface area contributed by atoms with Crippen molar-refractivity contribution in [1.29, 1.82) is 0 Å². The number of pyridine rings is 1. The standard InChI is InChI=1S/C14H15NO/c1-2-12-4-3-5-14(10-12)16-11-13-6-8-15-9-7-13/h3-10H,2,11H2,1H3. The van der Waals surface area contributed by atoms with E-state index in [1.54, 1.807) is 12.4 Å². The van der Waals surface area contributed by atoms with Crippen molar-refractivity contribution in [2.75, 3.05) is 0 Å². The zero-order valence-electron chi connectivity index (χ0n) is 9.39. The van der Waals surface area contributed by atoms with Gasteiger partial charge in [-0.05, 0) is 41.8 Å². The Hall–Kier alpha value is -1.83. The number of hydrogen-bond donors (Lipinski definition) is 0. The van der Waals surface area contributed by atoms with Gasteiger partial charge in [-0.1, -0.05) is 19.1 Å². The smallest absolute Gasteiger partial charge is 0.120 e. The van der Waals surface area contributed by atoms with Gasteiger partial charge in [0, 0.05) is 12.4 Å². The molecule has 0 spiro atoms. The lowest BCUT2D eigenvalue weighted by atomic mass is 10.2. The van der Waals surface area contributed by atoms with Crippen molar-refractivity contribution in [2.45, 2.75) is 20.0 Å². The lowest BCUT2D eigenvalue weighted by molar-refractivity contribution is 0.306. The molecular formula is C14H15NO. The van der Waals surface area contributed by atoms with Gasteiger partial charge in [0.2, 0.25) is 0 Å². The summed E-state index contributed by atoms with van der Waals surface area (Å²) in [4.78, 5) is 3.97. The van der Waals surface area contributed by atoms with E-state index in [2.05, 4.69) is 24.0 Å². The van der Waals surface area contributed by atoms with E-state index in [4.69, 9.17) is 4.74 Å². The first-order chi connectivity index (χ1) is 7.88. The van der Waals surface area contributed by atoms with Crippen molar-refractivity contribution in [3.05, 3.63) is 59.9 Å². The van der Waals surface area contributed by atoms with E-state index in [1.807, 2.05) is 24.3 Å². The molecule has 0 fully saturated rings. The number of ether oxygens (including phenoxy) is 1.